The molecule has 21 heavy (non-hydrogen) atoms. The maximum atomic E-state index is 13.4. The van der Waals surface area contributed by atoms with E-state index in [0.717, 1.165) is 18.3 Å². The largest absolute Gasteiger partial charge is 0.378 e. The van der Waals surface area contributed by atoms with Gasteiger partial charge < -0.3 is 4.74 Å². The predicted octanol–water partition coefficient (Wildman–Crippen LogP) is 4.01. The second-order valence-electron chi connectivity index (χ2n) is 6.65. The van der Waals surface area contributed by atoms with Crippen molar-refractivity contribution in [3.63, 3.8) is 0 Å². The quantitative estimate of drug-likeness (QED) is 0.565. The Bertz CT molecular complexity index is 450. The predicted molar refractivity (Wildman–Crippen MR) is 80.7 cm³/mol. The van der Waals surface area contributed by atoms with Crippen molar-refractivity contribution in [2.45, 2.75) is 57.7 Å². The first-order valence-corrected chi connectivity index (χ1v) is 8.33. The van der Waals surface area contributed by atoms with E-state index in [-0.39, 0.29) is 6.10 Å². The fraction of sp³-hybridized carbons (Fsp3) is 0.722. The zero-order chi connectivity index (χ0) is 14.8. The van der Waals surface area contributed by atoms with E-state index in [1.54, 1.807) is 0 Å². The smallest absolute Gasteiger partial charge is 0.145 e. The second kappa shape index (κ2) is 6.43. The van der Waals surface area contributed by atoms with Crippen LogP contribution in [-0.4, -0.2) is 25.2 Å². The average molecular weight is 292 g/mol. The Morgan fingerprint density at radius 2 is 2.19 bits per heavy atom. The third-order valence-corrected chi connectivity index (χ3v) is 5.17. The zero-order valence-corrected chi connectivity index (χ0v) is 12.8. The van der Waals surface area contributed by atoms with Gasteiger partial charge in [0.05, 0.1) is 6.10 Å². The number of carbonyl (C=O) groups excluding carboxylic acids is 1. The molecule has 0 N–H and O–H groups in total. The van der Waals surface area contributed by atoms with E-state index < -0.39 is 6.17 Å². The van der Waals surface area contributed by atoms with E-state index in [0.29, 0.717) is 43.6 Å². The van der Waals surface area contributed by atoms with Gasteiger partial charge in [0, 0.05) is 18.9 Å². The maximum absolute atomic E-state index is 13.4. The minimum absolute atomic E-state index is 0.0909. The fourth-order valence-electron chi connectivity index (χ4n) is 4.01. The summed E-state index contributed by atoms with van der Waals surface area (Å²) < 4.78 is 19.4. The van der Waals surface area contributed by atoms with Crippen LogP contribution in [0.5, 0.6) is 0 Å². The average Bonchev–Trinajstić information content (AvgIpc) is 3.32. The third kappa shape index (κ3) is 3.28. The monoisotopic (exact) mass is 292 g/mol. The number of hydrogen-bond donors (Lipinski definition) is 0. The van der Waals surface area contributed by atoms with Crippen LogP contribution in [0.2, 0.25) is 0 Å². The van der Waals surface area contributed by atoms with E-state index in [2.05, 4.69) is 12.2 Å². The van der Waals surface area contributed by atoms with Gasteiger partial charge in [-0.15, -0.1) is 0 Å². The number of aldehydes is 1. The van der Waals surface area contributed by atoms with Crippen molar-refractivity contribution in [3.05, 3.63) is 23.3 Å². The van der Waals surface area contributed by atoms with Gasteiger partial charge >= 0.3 is 0 Å². The number of ether oxygens (including phenoxy) is 1. The molecule has 0 aromatic rings. The maximum Gasteiger partial charge on any atom is 0.145 e. The Kier molecular flexibility index (Phi) is 4.58. The minimum Gasteiger partial charge on any atom is -0.378 e. The van der Waals surface area contributed by atoms with Crippen molar-refractivity contribution < 1.29 is 13.9 Å². The molecule has 0 amide bonds. The van der Waals surface area contributed by atoms with Crippen molar-refractivity contribution in [2.75, 3.05) is 6.61 Å². The number of allylic oxidation sites excluding steroid dienone is 2. The Labute approximate surface area is 126 Å². The molecule has 0 radical (unpaired) electrons. The van der Waals surface area contributed by atoms with Crippen LogP contribution in [0.1, 0.15) is 45.4 Å². The molecule has 0 saturated heterocycles. The topological polar surface area (TPSA) is 26.3 Å². The molecule has 3 aliphatic rings. The van der Waals surface area contributed by atoms with Crippen LogP contribution < -0.4 is 0 Å². The van der Waals surface area contributed by atoms with Gasteiger partial charge in [-0.1, -0.05) is 17.7 Å². The first-order chi connectivity index (χ1) is 10.2. The summed E-state index contributed by atoms with van der Waals surface area (Å²) in [5, 5.41) is 0. The summed E-state index contributed by atoms with van der Waals surface area (Å²) in [6.45, 7) is 2.68. The Hall–Kier alpha value is -0.960. The van der Waals surface area contributed by atoms with Crippen LogP contribution in [-0.2, 0) is 9.53 Å². The SMILES string of the molecule is CCO[C@@H]1CC(C=O)=CC(C2CC2)C1C1=CCC(F)CC1. The summed E-state index contributed by atoms with van der Waals surface area (Å²) >= 11 is 0. The summed E-state index contributed by atoms with van der Waals surface area (Å²) in [6.07, 6.45) is 9.96. The molecule has 0 bridgehead atoms. The van der Waals surface area contributed by atoms with Crippen LogP contribution in [0.25, 0.3) is 0 Å². The molecule has 0 aromatic heterocycles. The number of alkyl halides is 1. The highest BCUT2D eigenvalue weighted by molar-refractivity contribution is 5.73. The Balaban J connectivity index is 1.88. The molecule has 3 rings (SSSR count). The molecule has 3 heteroatoms. The van der Waals surface area contributed by atoms with Gasteiger partial charge in [-0.25, -0.2) is 4.39 Å². The molecule has 0 aromatic carbocycles. The molecule has 1 saturated carbocycles. The van der Waals surface area contributed by atoms with Crippen LogP contribution in [0.4, 0.5) is 4.39 Å². The van der Waals surface area contributed by atoms with Crippen LogP contribution in [0.15, 0.2) is 23.3 Å². The zero-order valence-electron chi connectivity index (χ0n) is 12.8. The third-order valence-electron chi connectivity index (χ3n) is 5.17. The van der Waals surface area contributed by atoms with Gasteiger partial charge in [0.25, 0.3) is 0 Å². The summed E-state index contributed by atoms with van der Waals surface area (Å²) in [7, 11) is 0. The molecule has 0 spiro atoms. The molecule has 1 fully saturated rings. The number of hydrogen-bond acceptors (Lipinski definition) is 2. The van der Waals surface area contributed by atoms with Gasteiger partial charge in [0.15, 0.2) is 0 Å². The van der Waals surface area contributed by atoms with Crippen LogP contribution in [0, 0.1) is 17.8 Å². The fourth-order valence-corrected chi connectivity index (χ4v) is 4.01. The highest BCUT2D eigenvalue weighted by Gasteiger charge is 2.43. The van der Waals surface area contributed by atoms with Crippen molar-refractivity contribution in [3.8, 4) is 0 Å². The first-order valence-electron chi connectivity index (χ1n) is 8.33. The molecule has 3 unspecified atom stereocenters. The molecule has 4 atom stereocenters. The van der Waals surface area contributed by atoms with Crippen LogP contribution in [0.3, 0.4) is 0 Å². The molecule has 0 aliphatic heterocycles. The summed E-state index contributed by atoms with van der Waals surface area (Å²) in [5.74, 6) is 1.46. The lowest BCUT2D eigenvalue weighted by atomic mass is 9.70. The second-order valence-corrected chi connectivity index (χ2v) is 6.65. The first kappa shape index (κ1) is 15.0. The highest BCUT2D eigenvalue weighted by atomic mass is 19.1. The number of carbonyl (C=O) groups is 1. The van der Waals surface area contributed by atoms with E-state index in [1.807, 2.05) is 6.92 Å². The normalized spacial score (nSPS) is 36.9. The lowest BCUT2D eigenvalue weighted by Gasteiger charge is -2.39. The van der Waals surface area contributed by atoms with Crippen molar-refractivity contribution in [1.82, 2.24) is 0 Å². The van der Waals surface area contributed by atoms with Gasteiger partial charge in [-0.3, -0.25) is 4.79 Å². The number of halogens is 1. The van der Waals surface area contributed by atoms with Crippen molar-refractivity contribution in [2.24, 2.45) is 17.8 Å². The Morgan fingerprint density at radius 1 is 1.38 bits per heavy atom. The Morgan fingerprint density at radius 3 is 2.76 bits per heavy atom. The molecule has 0 heterocycles. The van der Waals surface area contributed by atoms with Crippen LogP contribution >= 0.6 is 0 Å². The molecule has 3 aliphatic carbocycles. The van der Waals surface area contributed by atoms with Gasteiger partial charge in [-0.2, -0.15) is 0 Å². The van der Waals surface area contributed by atoms with E-state index in [1.165, 1.54) is 18.4 Å². The van der Waals surface area contributed by atoms with E-state index >= 15 is 0 Å². The lowest BCUT2D eigenvalue weighted by molar-refractivity contribution is -0.105. The van der Waals surface area contributed by atoms with E-state index in [4.69, 9.17) is 4.74 Å². The molecular formula is C18H25FO2. The van der Waals surface area contributed by atoms with Crippen molar-refractivity contribution >= 4 is 6.29 Å². The molecule has 2 nitrogen and oxygen atoms in total. The molecular weight excluding hydrogens is 267 g/mol. The van der Waals surface area contributed by atoms with Gasteiger partial charge in [-0.05, 0) is 56.4 Å². The standard InChI is InChI=1S/C18H25FO2/c1-2-21-17-10-12(11-20)9-16(13-3-4-13)18(17)14-5-7-15(19)8-6-14/h5,9,11,13,15-18H,2-4,6-8,10H2,1H3/t15?,16?,17-,18?/m1/s1. The summed E-state index contributed by atoms with van der Waals surface area (Å²) in [6, 6.07) is 0. The summed E-state index contributed by atoms with van der Waals surface area (Å²) in [5.41, 5.74) is 2.27. The lowest BCUT2D eigenvalue weighted by Crippen LogP contribution is -2.37. The van der Waals surface area contributed by atoms with Gasteiger partial charge in [0.2, 0.25) is 0 Å². The number of rotatable bonds is 5. The highest BCUT2D eigenvalue weighted by Crippen LogP contribution is 2.49. The molecule has 116 valence electrons. The minimum atomic E-state index is -0.677. The van der Waals surface area contributed by atoms with E-state index in [9.17, 15) is 9.18 Å². The summed E-state index contributed by atoms with van der Waals surface area (Å²) in [4.78, 5) is 11.2. The van der Waals surface area contributed by atoms with Gasteiger partial charge in [0.1, 0.15) is 12.5 Å². The van der Waals surface area contributed by atoms with Crippen molar-refractivity contribution in [1.29, 1.82) is 0 Å².